The molecule has 0 atom stereocenters. The second kappa shape index (κ2) is 14.1. The predicted molar refractivity (Wildman–Crippen MR) is 159 cm³/mol. The maximum atomic E-state index is 12.4. The quantitative estimate of drug-likeness (QED) is 0.117. The lowest BCUT2D eigenvalue weighted by Gasteiger charge is -2.15. The summed E-state index contributed by atoms with van der Waals surface area (Å²) in [4.78, 5) is 36.6. The van der Waals surface area contributed by atoms with E-state index >= 15 is 0 Å². The lowest BCUT2D eigenvalue weighted by Crippen LogP contribution is -2.32. The lowest BCUT2D eigenvalue weighted by molar-refractivity contribution is -0.136. The van der Waals surface area contributed by atoms with E-state index in [0.29, 0.717) is 43.6 Å². The van der Waals surface area contributed by atoms with Gasteiger partial charge in [0.15, 0.2) is 18.1 Å². The van der Waals surface area contributed by atoms with Crippen molar-refractivity contribution in [1.29, 1.82) is 0 Å². The van der Waals surface area contributed by atoms with E-state index in [1.54, 1.807) is 36.4 Å². The van der Waals surface area contributed by atoms with Crippen LogP contribution in [0.2, 0.25) is 5.02 Å². The monoisotopic (exact) mass is 712 g/mol. The Hall–Kier alpha value is -3.16. The minimum absolute atomic E-state index is 0.226. The van der Waals surface area contributed by atoms with Crippen molar-refractivity contribution in [3.05, 3.63) is 78.8 Å². The van der Waals surface area contributed by atoms with E-state index in [1.165, 1.54) is 12.3 Å². The normalized spacial score (nSPS) is 10.7. The number of hydrogen-bond donors (Lipinski definition) is 3. The van der Waals surface area contributed by atoms with Crippen LogP contribution in [0.25, 0.3) is 0 Å². The Kier molecular flexibility index (Phi) is 10.9. The number of nitrogens with one attached hydrogen (secondary N) is 3. The summed E-state index contributed by atoms with van der Waals surface area (Å²) < 4.78 is 13.1. The van der Waals surface area contributed by atoms with E-state index in [1.807, 2.05) is 26.0 Å². The van der Waals surface area contributed by atoms with Gasteiger partial charge >= 0.3 is 11.8 Å². The number of benzene rings is 3. The fourth-order valence-electron chi connectivity index (χ4n) is 3.09. The fourth-order valence-corrected chi connectivity index (χ4v) is 4.31. The molecule has 38 heavy (non-hydrogen) atoms. The molecule has 0 bridgehead atoms. The second-order valence-corrected chi connectivity index (χ2v) is 10.2. The Morgan fingerprint density at radius 3 is 2.50 bits per heavy atom. The molecule has 0 spiro atoms. The van der Waals surface area contributed by atoms with Crippen LogP contribution in [-0.2, 0) is 14.4 Å². The predicted octanol–water partition coefficient (Wildman–Crippen LogP) is 5.52. The van der Waals surface area contributed by atoms with Crippen LogP contribution in [0.15, 0.2) is 64.2 Å². The third-order valence-electron chi connectivity index (χ3n) is 4.79. The number of carbonyl (C=O) groups is 3. The molecule has 3 amide bonds. The summed E-state index contributed by atoms with van der Waals surface area (Å²) in [5.74, 6) is -1.37. The lowest BCUT2D eigenvalue weighted by atomic mass is 10.2. The van der Waals surface area contributed by atoms with Gasteiger partial charge in [-0.05, 0) is 96.1 Å². The molecule has 0 saturated heterocycles. The molecule has 9 nitrogen and oxygen atoms in total. The number of aryl methyl sites for hydroxylation is 1. The van der Waals surface area contributed by atoms with Crippen molar-refractivity contribution in [2.24, 2.45) is 5.10 Å². The molecule has 198 valence electrons. The largest absolute Gasteiger partial charge is 0.490 e. The summed E-state index contributed by atoms with van der Waals surface area (Å²) in [5.41, 5.74) is 4.79. The van der Waals surface area contributed by atoms with Crippen LogP contribution >= 0.6 is 50.1 Å². The summed E-state index contributed by atoms with van der Waals surface area (Å²) >= 11 is 11.4. The molecule has 3 aromatic carbocycles. The molecule has 0 aliphatic carbocycles. The minimum atomic E-state index is -0.951. The first-order valence-electron chi connectivity index (χ1n) is 11.2. The Morgan fingerprint density at radius 2 is 1.79 bits per heavy atom. The Bertz CT molecular complexity index is 1390. The van der Waals surface area contributed by atoms with Crippen LogP contribution in [-0.4, -0.2) is 37.1 Å². The molecule has 0 unspecified atom stereocenters. The van der Waals surface area contributed by atoms with Crippen molar-refractivity contribution < 1.29 is 23.9 Å². The molecule has 3 N–H and O–H groups in total. The van der Waals surface area contributed by atoms with E-state index < -0.39 is 11.8 Å². The molecular formula is C26H23BrClIN4O5. The Balaban J connectivity index is 1.61. The number of hydrogen-bond acceptors (Lipinski definition) is 6. The molecule has 0 fully saturated rings. The van der Waals surface area contributed by atoms with Crippen molar-refractivity contribution in [3.8, 4) is 11.5 Å². The van der Waals surface area contributed by atoms with Crippen LogP contribution in [0.5, 0.6) is 11.5 Å². The number of hydrazone groups is 1. The third-order valence-corrected chi connectivity index (χ3v) is 6.72. The van der Waals surface area contributed by atoms with Crippen LogP contribution in [0.1, 0.15) is 18.1 Å². The van der Waals surface area contributed by atoms with Crippen LogP contribution in [0.3, 0.4) is 0 Å². The van der Waals surface area contributed by atoms with Crippen LogP contribution in [0, 0.1) is 10.5 Å². The molecular weight excluding hydrogens is 691 g/mol. The zero-order chi connectivity index (χ0) is 27.7. The summed E-state index contributed by atoms with van der Waals surface area (Å²) in [6.45, 7) is 3.88. The number of rotatable bonds is 9. The van der Waals surface area contributed by atoms with Gasteiger partial charge in [0.2, 0.25) is 0 Å². The molecule has 3 aromatic rings. The highest BCUT2D eigenvalue weighted by Crippen LogP contribution is 2.34. The highest BCUT2D eigenvalue weighted by atomic mass is 127. The molecule has 3 rings (SSSR count). The van der Waals surface area contributed by atoms with E-state index in [9.17, 15) is 14.4 Å². The van der Waals surface area contributed by atoms with Gasteiger partial charge in [-0.25, -0.2) is 5.43 Å². The van der Waals surface area contributed by atoms with Crippen molar-refractivity contribution >= 4 is 85.4 Å². The van der Waals surface area contributed by atoms with Gasteiger partial charge in [0.1, 0.15) is 0 Å². The van der Waals surface area contributed by atoms with E-state index in [2.05, 4.69) is 59.7 Å². The van der Waals surface area contributed by atoms with Crippen LogP contribution in [0.4, 0.5) is 11.4 Å². The number of carbonyl (C=O) groups excluding carboxylic acids is 3. The van der Waals surface area contributed by atoms with Gasteiger partial charge in [-0.2, -0.15) is 5.10 Å². The zero-order valence-corrected chi connectivity index (χ0v) is 24.8. The third kappa shape index (κ3) is 8.71. The number of ether oxygens (including phenoxy) is 2. The topological polar surface area (TPSA) is 118 Å². The van der Waals surface area contributed by atoms with E-state index in [4.69, 9.17) is 21.1 Å². The summed E-state index contributed by atoms with van der Waals surface area (Å²) in [6.07, 6.45) is 1.36. The van der Waals surface area contributed by atoms with Gasteiger partial charge in [-0.15, -0.1) is 0 Å². The van der Waals surface area contributed by atoms with Gasteiger partial charge < -0.3 is 20.1 Å². The number of nitrogens with zero attached hydrogens (tertiary/aromatic N) is 1. The highest BCUT2D eigenvalue weighted by molar-refractivity contribution is 14.1. The van der Waals surface area contributed by atoms with Crippen molar-refractivity contribution in [2.45, 2.75) is 13.8 Å². The summed E-state index contributed by atoms with van der Waals surface area (Å²) in [6, 6.07) is 15.3. The van der Waals surface area contributed by atoms with Gasteiger partial charge in [0.25, 0.3) is 5.91 Å². The Labute approximate surface area is 246 Å². The average molecular weight is 714 g/mol. The maximum Gasteiger partial charge on any atom is 0.329 e. The zero-order valence-electron chi connectivity index (χ0n) is 20.3. The smallest absolute Gasteiger partial charge is 0.329 e. The molecule has 0 saturated carbocycles. The van der Waals surface area contributed by atoms with Crippen LogP contribution < -0.4 is 25.5 Å². The first-order valence-corrected chi connectivity index (χ1v) is 13.5. The molecule has 12 heteroatoms. The molecule has 0 aliphatic heterocycles. The van der Waals surface area contributed by atoms with Crippen molar-refractivity contribution in [3.63, 3.8) is 0 Å². The minimum Gasteiger partial charge on any atom is -0.490 e. The number of halogens is 3. The second-order valence-electron chi connectivity index (χ2n) is 7.73. The molecule has 0 aromatic heterocycles. The van der Waals surface area contributed by atoms with E-state index in [0.717, 1.165) is 10.0 Å². The SMILES string of the molecule is CCOc1cc(/C=N\NC(=O)C(=O)Nc2cccc(Cl)c2)cc(I)c1OCC(=O)Nc1ccc(Br)c(C)c1. The van der Waals surface area contributed by atoms with Crippen molar-refractivity contribution in [1.82, 2.24) is 5.43 Å². The highest BCUT2D eigenvalue weighted by Gasteiger charge is 2.15. The molecule has 0 radical (unpaired) electrons. The first-order chi connectivity index (χ1) is 18.2. The van der Waals surface area contributed by atoms with Gasteiger partial charge in [0.05, 0.1) is 16.4 Å². The van der Waals surface area contributed by atoms with E-state index in [-0.39, 0.29) is 12.5 Å². The molecule has 0 heterocycles. The number of amides is 3. The first kappa shape index (κ1) is 29.4. The fraction of sp³-hybridized carbons (Fsp3) is 0.154. The summed E-state index contributed by atoms with van der Waals surface area (Å²) in [7, 11) is 0. The van der Waals surface area contributed by atoms with Gasteiger partial charge in [0, 0.05) is 20.9 Å². The maximum absolute atomic E-state index is 12.4. The number of anilines is 2. The Morgan fingerprint density at radius 1 is 1.03 bits per heavy atom. The molecule has 0 aliphatic rings. The van der Waals surface area contributed by atoms with Gasteiger partial charge in [-0.3, -0.25) is 14.4 Å². The van der Waals surface area contributed by atoms with Gasteiger partial charge in [-0.1, -0.05) is 33.6 Å². The average Bonchev–Trinajstić information content (AvgIpc) is 2.86. The standard InChI is InChI=1S/C26H23BrClIN4O5/c1-3-37-22-11-16(13-30-33-26(36)25(35)32-18-6-4-5-17(28)12-18)10-21(29)24(22)38-14-23(34)31-19-7-8-20(27)15(2)9-19/h4-13H,3,14H2,1-2H3,(H,31,34)(H,32,35)(H,33,36)/b30-13-. The van der Waals surface area contributed by atoms with Crippen molar-refractivity contribution in [2.75, 3.05) is 23.8 Å². The summed E-state index contributed by atoms with van der Waals surface area (Å²) in [5, 5.41) is 9.51.